The van der Waals surface area contributed by atoms with Crippen molar-refractivity contribution in [2.75, 3.05) is 26.3 Å². The lowest BCUT2D eigenvalue weighted by molar-refractivity contribution is 0.0296. The summed E-state index contributed by atoms with van der Waals surface area (Å²) in [6.45, 7) is 3.05. The van der Waals surface area contributed by atoms with Crippen molar-refractivity contribution in [2.24, 2.45) is 12.8 Å². The quantitative estimate of drug-likeness (QED) is 0.765. The molecule has 1 aromatic rings. The minimum Gasteiger partial charge on any atom is -0.378 e. The van der Waals surface area contributed by atoms with E-state index in [9.17, 15) is 4.79 Å². The van der Waals surface area contributed by atoms with Gasteiger partial charge in [0.1, 0.15) is 5.69 Å². The van der Waals surface area contributed by atoms with Crippen LogP contribution in [0.2, 0.25) is 0 Å². The van der Waals surface area contributed by atoms with Crippen molar-refractivity contribution in [1.29, 1.82) is 0 Å². The fraction of sp³-hybridized carbons (Fsp3) is 0.545. The number of nitrogens with zero attached hydrogens (tertiary/aromatic N) is 2. The highest BCUT2D eigenvalue weighted by Gasteiger charge is 2.20. The average Bonchev–Trinajstić information content (AvgIpc) is 2.71. The van der Waals surface area contributed by atoms with Crippen molar-refractivity contribution >= 4 is 5.91 Å². The molecule has 0 radical (unpaired) electrons. The first kappa shape index (κ1) is 11.2. The summed E-state index contributed by atoms with van der Waals surface area (Å²) in [4.78, 5) is 14.0. The summed E-state index contributed by atoms with van der Waals surface area (Å²) >= 11 is 0. The van der Waals surface area contributed by atoms with Crippen LogP contribution in [-0.4, -0.2) is 41.7 Å². The molecule has 0 aromatic carbocycles. The van der Waals surface area contributed by atoms with Crippen LogP contribution in [-0.2, 0) is 18.3 Å². The maximum Gasteiger partial charge on any atom is 0.270 e. The zero-order chi connectivity index (χ0) is 11.5. The zero-order valence-electron chi connectivity index (χ0n) is 9.48. The van der Waals surface area contributed by atoms with Crippen LogP contribution in [0.25, 0.3) is 0 Å². The van der Waals surface area contributed by atoms with Gasteiger partial charge in [-0.15, -0.1) is 0 Å². The van der Waals surface area contributed by atoms with Crippen LogP contribution in [0.3, 0.4) is 0 Å². The van der Waals surface area contributed by atoms with Gasteiger partial charge in [0.15, 0.2) is 0 Å². The fourth-order valence-corrected chi connectivity index (χ4v) is 1.89. The number of carbonyl (C=O) groups is 1. The summed E-state index contributed by atoms with van der Waals surface area (Å²) < 4.78 is 7.05. The van der Waals surface area contributed by atoms with Crippen LogP contribution >= 0.6 is 0 Å². The molecule has 0 spiro atoms. The first-order valence-electron chi connectivity index (χ1n) is 5.44. The fourth-order valence-electron chi connectivity index (χ4n) is 1.89. The molecular formula is C11H17N3O2. The van der Waals surface area contributed by atoms with Gasteiger partial charge in [-0.1, -0.05) is 0 Å². The highest BCUT2D eigenvalue weighted by molar-refractivity contribution is 5.93. The summed E-state index contributed by atoms with van der Waals surface area (Å²) in [7, 11) is 1.87. The van der Waals surface area contributed by atoms with Crippen LogP contribution in [0.15, 0.2) is 12.3 Å². The molecule has 0 bridgehead atoms. The number of aryl methyl sites for hydroxylation is 1. The molecule has 16 heavy (non-hydrogen) atoms. The molecule has 2 rings (SSSR count). The molecule has 0 atom stereocenters. The van der Waals surface area contributed by atoms with Gasteiger partial charge in [0, 0.05) is 32.9 Å². The number of morpholine rings is 1. The maximum absolute atomic E-state index is 12.2. The monoisotopic (exact) mass is 223 g/mol. The Hall–Kier alpha value is -1.33. The predicted molar refractivity (Wildman–Crippen MR) is 60.0 cm³/mol. The third kappa shape index (κ3) is 2.10. The molecule has 1 fully saturated rings. The van der Waals surface area contributed by atoms with Crippen molar-refractivity contribution in [3.05, 3.63) is 23.5 Å². The Morgan fingerprint density at radius 3 is 2.75 bits per heavy atom. The van der Waals surface area contributed by atoms with Crippen LogP contribution in [0.5, 0.6) is 0 Å². The third-order valence-corrected chi connectivity index (χ3v) is 2.81. The number of carbonyl (C=O) groups excluding carboxylic acids is 1. The minimum absolute atomic E-state index is 0.0606. The van der Waals surface area contributed by atoms with Gasteiger partial charge in [-0.3, -0.25) is 4.79 Å². The van der Waals surface area contributed by atoms with Gasteiger partial charge in [-0.25, -0.2) is 0 Å². The number of amides is 1. The van der Waals surface area contributed by atoms with Gasteiger partial charge >= 0.3 is 0 Å². The largest absolute Gasteiger partial charge is 0.378 e. The third-order valence-electron chi connectivity index (χ3n) is 2.81. The lowest BCUT2D eigenvalue weighted by Gasteiger charge is -2.26. The van der Waals surface area contributed by atoms with Gasteiger partial charge in [0.05, 0.1) is 13.2 Å². The van der Waals surface area contributed by atoms with Crippen molar-refractivity contribution in [2.45, 2.75) is 6.54 Å². The van der Waals surface area contributed by atoms with E-state index < -0.39 is 0 Å². The van der Waals surface area contributed by atoms with E-state index in [1.807, 2.05) is 28.8 Å². The van der Waals surface area contributed by atoms with Crippen LogP contribution in [0, 0.1) is 0 Å². The molecule has 5 heteroatoms. The SMILES string of the molecule is Cn1cc(CN)cc1C(=O)N1CCOCC1. The second-order valence-electron chi connectivity index (χ2n) is 3.95. The Kier molecular flexibility index (Phi) is 3.26. The van der Waals surface area contributed by atoms with Crippen LogP contribution in [0.4, 0.5) is 0 Å². The summed E-state index contributed by atoms with van der Waals surface area (Å²) in [6.07, 6.45) is 1.90. The van der Waals surface area contributed by atoms with E-state index in [1.165, 1.54) is 0 Å². The number of aromatic nitrogens is 1. The van der Waals surface area contributed by atoms with Crippen LogP contribution < -0.4 is 5.73 Å². The standard InChI is InChI=1S/C11H17N3O2/c1-13-8-9(7-12)6-10(13)11(15)14-2-4-16-5-3-14/h6,8H,2-5,7,12H2,1H3. The molecule has 1 aliphatic heterocycles. The summed E-state index contributed by atoms with van der Waals surface area (Å²) in [5.41, 5.74) is 7.23. The molecule has 88 valence electrons. The molecule has 1 amide bonds. The van der Waals surface area contributed by atoms with E-state index in [0.717, 1.165) is 5.56 Å². The number of hydrogen-bond donors (Lipinski definition) is 1. The molecule has 5 nitrogen and oxygen atoms in total. The van der Waals surface area contributed by atoms with E-state index in [2.05, 4.69) is 0 Å². The molecule has 2 N–H and O–H groups in total. The molecular weight excluding hydrogens is 206 g/mol. The molecule has 1 aromatic heterocycles. The first-order valence-corrected chi connectivity index (χ1v) is 5.44. The average molecular weight is 223 g/mol. The van der Waals surface area contributed by atoms with Gasteiger partial charge in [0.25, 0.3) is 5.91 Å². The molecule has 2 heterocycles. The lowest BCUT2D eigenvalue weighted by Crippen LogP contribution is -2.41. The van der Waals surface area contributed by atoms with Gasteiger partial charge < -0.3 is 19.9 Å². The van der Waals surface area contributed by atoms with Crippen molar-refractivity contribution < 1.29 is 9.53 Å². The Balaban J connectivity index is 2.15. The topological polar surface area (TPSA) is 60.5 Å². The smallest absolute Gasteiger partial charge is 0.270 e. The van der Waals surface area contributed by atoms with Gasteiger partial charge in [-0.2, -0.15) is 0 Å². The van der Waals surface area contributed by atoms with Crippen molar-refractivity contribution in [3.8, 4) is 0 Å². The molecule has 0 unspecified atom stereocenters. The number of nitrogens with two attached hydrogens (primary N) is 1. The van der Waals surface area contributed by atoms with E-state index in [1.54, 1.807) is 0 Å². The van der Waals surface area contributed by atoms with E-state index in [4.69, 9.17) is 10.5 Å². The zero-order valence-corrected chi connectivity index (χ0v) is 9.48. The van der Waals surface area contributed by atoms with E-state index >= 15 is 0 Å². The second kappa shape index (κ2) is 4.67. The van der Waals surface area contributed by atoms with E-state index in [0.29, 0.717) is 38.5 Å². The first-order chi connectivity index (χ1) is 7.72. The molecule has 0 saturated carbocycles. The number of rotatable bonds is 2. The Morgan fingerprint density at radius 1 is 1.50 bits per heavy atom. The molecule has 0 aliphatic carbocycles. The molecule has 1 aliphatic rings. The summed E-state index contributed by atoms with van der Waals surface area (Å²) in [6, 6.07) is 1.86. The van der Waals surface area contributed by atoms with Crippen molar-refractivity contribution in [3.63, 3.8) is 0 Å². The predicted octanol–water partition coefficient (Wildman–Crippen LogP) is -0.0438. The van der Waals surface area contributed by atoms with E-state index in [-0.39, 0.29) is 5.91 Å². The maximum atomic E-state index is 12.2. The number of hydrogen-bond acceptors (Lipinski definition) is 3. The summed E-state index contributed by atoms with van der Waals surface area (Å²) in [5.74, 6) is 0.0606. The number of ether oxygens (including phenoxy) is 1. The lowest BCUT2D eigenvalue weighted by atomic mass is 10.3. The Morgan fingerprint density at radius 2 is 2.19 bits per heavy atom. The van der Waals surface area contributed by atoms with Gasteiger partial charge in [0.2, 0.25) is 0 Å². The van der Waals surface area contributed by atoms with Crippen molar-refractivity contribution in [1.82, 2.24) is 9.47 Å². The highest BCUT2D eigenvalue weighted by atomic mass is 16.5. The Bertz CT molecular complexity index is 381. The second-order valence-corrected chi connectivity index (χ2v) is 3.95. The summed E-state index contributed by atoms with van der Waals surface area (Å²) in [5, 5.41) is 0. The van der Waals surface area contributed by atoms with Gasteiger partial charge in [-0.05, 0) is 11.6 Å². The molecule has 1 saturated heterocycles. The normalized spacial score (nSPS) is 16.5. The highest BCUT2D eigenvalue weighted by Crippen LogP contribution is 2.11. The van der Waals surface area contributed by atoms with Crippen LogP contribution in [0.1, 0.15) is 16.1 Å². The Labute approximate surface area is 94.8 Å². The minimum atomic E-state index is 0.0606.